The smallest absolute Gasteiger partial charge is 0.147 e. The van der Waals surface area contributed by atoms with Gasteiger partial charge in [-0.05, 0) is 30.4 Å². The van der Waals surface area contributed by atoms with Crippen LogP contribution in [0, 0.1) is 5.92 Å². The number of nitrogen functional groups attached to an aromatic ring is 1. The van der Waals surface area contributed by atoms with Gasteiger partial charge in [0.25, 0.3) is 0 Å². The van der Waals surface area contributed by atoms with E-state index in [9.17, 15) is 8.42 Å². The second-order valence-corrected chi connectivity index (χ2v) is 9.39. The Kier molecular flexibility index (Phi) is 4.20. The van der Waals surface area contributed by atoms with Gasteiger partial charge in [0.1, 0.15) is 15.7 Å². The number of hydrogen-bond donors (Lipinski definition) is 1. The quantitative estimate of drug-likeness (QED) is 0.920. The maximum atomic E-state index is 11.6. The lowest BCUT2D eigenvalue weighted by molar-refractivity contribution is 0.342. The maximum absolute atomic E-state index is 11.6. The summed E-state index contributed by atoms with van der Waals surface area (Å²) < 4.78 is 23.1. The van der Waals surface area contributed by atoms with Crippen LogP contribution in [0.3, 0.4) is 0 Å². The van der Waals surface area contributed by atoms with Crippen LogP contribution in [0.25, 0.3) is 10.8 Å². The molecule has 0 amide bonds. The van der Waals surface area contributed by atoms with Crippen molar-refractivity contribution in [2.75, 3.05) is 29.2 Å². The fourth-order valence-electron chi connectivity index (χ4n) is 3.59. The van der Waals surface area contributed by atoms with Gasteiger partial charge in [-0.25, -0.2) is 13.4 Å². The molecule has 0 radical (unpaired) electrons. The van der Waals surface area contributed by atoms with E-state index in [1.807, 2.05) is 12.1 Å². The van der Waals surface area contributed by atoms with Gasteiger partial charge in [0.15, 0.2) is 0 Å². The van der Waals surface area contributed by atoms with Crippen LogP contribution in [0.1, 0.15) is 32.4 Å². The molecule has 0 spiro atoms. The molecule has 1 aromatic heterocycles. The molecule has 0 bridgehead atoms. The number of pyridine rings is 1. The zero-order chi connectivity index (χ0) is 17.6. The van der Waals surface area contributed by atoms with Crippen molar-refractivity contribution in [2.45, 2.75) is 32.7 Å². The molecule has 0 unspecified atom stereocenters. The molecule has 0 saturated carbocycles. The van der Waals surface area contributed by atoms with Crippen molar-refractivity contribution in [1.29, 1.82) is 0 Å². The van der Waals surface area contributed by atoms with Crippen LogP contribution in [0.5, 0.6) is 0 Å². The van der Waals surface area contributed by atoms with Crippen molar-refractivity contribution in [3.8, 4) is 0 Å². The predicted molar refractivity (Wildman–Crippen MR) is 100 cm³/mol. The summed E-state index contributed by atoms with van der Waals surface area (Å²) >= 11 is 0. The summed E-state index contributed by atoms with van der Waals surface area (Å²) in [5, 5.41) is 2.22. The van der Waals surface area contributed by atoms with E-state index >= 15 is 0 Å². The van der Waals surface area contributed by atoms with Crippen LogP contribution in [-0.4, -0.2) is 38.0 Å². The minimum atomic E-state index is -2.95. The Hall–Kier alpha value is -1.82. The van der Waals surface area contributed by atoms with Crippen molar-refractivity contribution in [3.05, 3.63) is 30.0 Å². The number of sulfone groups is 1. The molecular formula is C18H25N3O2S. The first-order chi connectivity index (χ1) is 11.2. The van der Waals surface area contributed by atoms with Crippen LogP contribution in [-0.2, 0) is 9.84 Å². The van der Waals surface area contributed by atoms with E-state index in [4.69, 9.17) is 5.73 Å². The van der Waals surface area contributed by atoms with Gasteiger partial charge in [-0.2, -0.15) is 0 Å². The van der Waals surface area contributed by atoms with Crippen LogP contribution in [0.4, 0.5) is 11.5 Å². The third-order valence-corrected chi connectivity index (χ3v) is 5.90. The number of fused-ring (bicyclic) bond motifs is 1. The number of hydrogen-bond acceptors (Lipinski definition) is 5. The molecule has 1 aliphatic rings. The number of nitrogens with zero attached hydrogens (tertiary/aromatic N) is 2. The fraction of sp³-hybridized carbons (Fsp3) is 0.500. The minimum Gasteiger partial charge on any atom is -0.384 e. The van der Waals surface area contributed by atoms with Gasteiger partial charge in [0.05, 0.1) is 11.4 Å². The molecule has 2 atom stereocenters. The van der Waals surface area contributed by atoms with Crippen LogP contribution < -0.4 is 10.6 Å². The molecule has 1 aromatic carbocycles. The average molecular weight is 347 g/mol. The lowest BCUT2D eigenvalue weighted by atomic mass is 9.89. The third-order valence-electron chi connectivity index (χ3n) is 4.86. The molecule has 130 valence electrons. The van der Waals surface area contributed by atoms with E-state index in [0.29, 0.717) is 5.82 Å². The molecule has 1 fully saturated rings. The highest BCUT2D eigenvalue weighted by Gasteiger charge is 2.38. The van der Waals surface area contributed by atoms with Gasteiger partial charge in [-0.1, -0.05) is 26.0 Å². The summed E-state index contributed by atoms with van der Waals surface area (Å²) in [7, 11) is -2.95. The fourth-order valence-corrected chi connectivity index (χ4v) is 4.75. The van der Waals surface area contributed by atoms with Gasteiger partial charge in [0.2, 0.25) is 0 Å². The largest absolute Gasteiger partial charge is 0.384 e. The van der Waals surface area contributed by atoms with Crippen molar-refractivity contribution in [2.24, 2.45) is 5.92 Å². The van der Waals surface area contributed by atoms with Gasteiger partial charge >= 0.3 is 0 Å². The summed E-state index contributed by atoms with van der Waals surface area (Å²) in [5.74, 6) is 1.23. The lowest BCUT2D eigenvalue weighted by Crippen LogP contribution is -2.57. The molecule has 2 heterocycles. The van der Waals surface area contributed by atoms with Crippen LogP contribution >= 0.6 is 0 Å². The van der Waals surface area contributed by atoms with E-state index in [2.05, 4.69) is 42.8 Å². The molecule has 1 saturated heterocycles. The third kappa shape index (κ3) is 3.07. The van der Waals surface area contributed by atoms with Crippen molar-refractivity contribution in [3.63, 3.8) is 0 Å². The normalized spacial score (nSPS) is 21.3. The number of rotatable bonds is 4. The Morgan fingerprint density at radius 2 is 2.08 bits per heavy atom. The highest BCUT2D eigenvalue weighted by molar-refractivity contribution is 7.90. The Labute approximate surface area is 143 Å². The van der Waals surface area contributed by atoms with Crippen molar-refractivity contribution >= 4 is 32.1 Å². The second kappa shape index (κ2) is 5.92. The summed E-state index contributed by atoms with van der Waals surface area (Å²) in [6.07, 6.45) is 1.31. The zero-order valence-electron chi connectivity index (χ0n) is 14.7. The maximum Gasteiger partial charge on any atom is 0.147 e. The summed E-state index contributed by atoms with van der Waals surface area (Å²) in [6, 6.07) is 8.28. The molecule has 2 aromatic rings. The first-order valence-corrected chi connectivity index (χ1v) is 10.4. The predicted octanol–water partition coefficient (Wildman–Crippen LogP) is 2.81. The van der Waals surface area contributed by atoms with Crippen LogP contribution in [0.2, 0.25) is 0 Å². The summed E-state index contributed by atoms with van der Waals surface area (Å²) in [4.78, 5) is 6.84. The molecular weight excluding hydrogens is 322 g/mol. The van der Waals surface area contributed by atoms with Gasteiger partial charge in [-0.15, -0.1) is 0 Å². The summed E-state index contributed by atoms with van der Waals surface area (Å²) in [6.45, 7) is 7.08. The van der Waals surface area contributed by atoms with E-state index in [0.717, 1.165) is 28.7 Å². The standard InChI is InChI=1S/C18H25N3O2S/c1-11(2)18-17-13(8-16(19)20-18)6-5-7-15(17)21-9-14(12(21)3)10-24(4,22)23/h5-8,11-12,14H,9-10H2,1-4H3,(H2,19,20)/t12-,14-/m1/s1. The molecule has 3 rings (SSSR count). The molecule has 5 nitrogen and oxygen atoms in total. The van der Waals surface area contributed by atoms with Gasteiger partial charge in [-0.3, -0.25) is 0 Å². The Morgan fingerprint density at radius 3 is 2.67 bits per heavy atom. The Bertz CT molecular complexity index is 877. The van der Waals surface area contributed by atoms with Crippen molar-refractivity contribution < 1.29 is 8.42 Å². The number of benzene rings is 1. The number of anilines is 2. The van der Waals surface area contributed by atoms with E-state index in [-0.39, 0.29) is 23.6 Å². The van der Waals surface area contributed by atoms with Crippen LogP contribution in [0.15, 0.2) is 24.3 Å². The van der Waals surface area contributed by atoms with Gasteiger partial charge in [0, 0.05) is 35.8 Å². The topological polar surface area (TPSA) is 76.3 Å². The van der Waals surface area contributed by atoms with Gasteiger partial charge < -0.3 is 10.6 Å². The highest BCUT2D eigenvalue weighted by Crippen LogP contribution is 2.39. The minimum absolute atomic E-state index is 0.180. The SMILES string of the molecule is CC(C)c1nc(N)cc2cccc(N3C[C@H](CS(C)(=O)=O)[C@H]3C)c12. The Balaban J connectivity index is 2.02. The first kappa shape index (κ1) is 17.0. The molecule has 24 heavy (non-hydrogen) atoms. The average Bonchev–Trinajstić information content (AvgIpc) is 2.48. The molecule has 6 heteroatoms. The lowest BCUT2D eigenvalue weighted by Gasteiger charge is -2.48. The summed E-state index contributed by atoms with van der Waals surface area (Å²) in [5.41, 5.74) is 8.09. The first-order valence-electron chi connectivity index (χ1n) is 8.31. The highest BCUT2D eigenvalue weighted by atomic mass is 32.2. The number of nitrogens with two attached hydrogens (primary N) is 1. The van der Waals surface area contributed by atoms with E-state index in [1.165, 1.54) is 6.26 Å². The van der Waals surface area contributed by atoms with E-state index in [1.54, 1.807) is 0 Å². The van der Waals surface area contributed by atoms with Crippen molar-refractivity contribution in [1.82, 2.24) is 4.98 Å². The monoisotopic (exact) mass is 347 g/mol. The zero-order valence-corrected chi connectivity index (χ0v) is 15.5. The Morgan fingerprint density at radius 1 is 1.38 bits per heavy atom. The number of aromatic nitrogens is 1. The second-order valence-electron chi connectivity index (χ2n) is 7.21. The molecule has 1 aliphatic heterocycles. The molecule has 2 N–H and O–H groups in total. The molecule has 0 aliphatic carbocycles. The van der Waals surface area contributed by atoms with E-state index < -0.39 is 9.84 Å².